The molecule has 0 unspecified atom stereocenters. The number of nitrogens with zero attached hydrogens (tertiary/aromatic N) is 1. The van der Waals surface area contributed by atoms with Crippen LogP contribution in [0.2, 0.25) is 0 Å². The molecule has 0 radical (unpaired) electrons. The van der Waals surface area contributed by atoms with Gasteiger partial charge in [-0.2, -0.15) is 0 Å². The van der Waals surface area contributed by atoms with Crippen LogP contribution < -0.4 is 21.3 Å². The molecule has 0 aliphatic carbocycles. The molecule has 27 heavy (non-hydrogen) atoms. The summed E-state index contributed by atoms with van der Waals surface area (Å²) >= 11 is 0. The summed E-state index contributed by atoms with van der Waals surface area (Å²) in [4.78, 5) is 38.0. The van der Waals surface area contributed by atoms with Crippen molar-refractivity contribution in [2.75, 3.05) is 13.7 Å². The summed E-state index contributed by atoms with van der Waals surface area (Å²) in [6.07, 6.45) is -2.20. The van der Waals surface area contributed by atoms with E-state index in [9.17, 15) is 24.6 Å². The van der Waals surface area contributed by atoms with E-state index >= 15 is 0 Å². The second-order valence-corrected chi connectivity index (χ2v) is 5.99. The summed E-state index contributed by atoms with van der Waals surface area (Å²) < 4.78 is 11.6. The van der Waals surface area contributed by atoms with Gasteiger partial charge in [0.2, 0.25) is 0 Å². The van der Waals surface area contributed by atoms with E-state index in [1.807, 2.05) is 0 Å². The minimum atomic E-state index is -1.27. The Morgan fingerprint density at radius 2 is 2.15 bits per heavy atom. The number of amides is 1. The number of hydrogen-bond donors (Lipinski definition) is 4. The molecule has 2 heterocycles. The van der Waals surface area contributed by atoms with Crippen LogP contribution in [0.15, 0.2) is 46.1 Å². The third-order valence-corrected chi connectivity index (χ3v) is 4.31. The molecule has 10 heteroatoms. The molecule has 1 aromatic heterocycles. The fraction of sp³-hybridized carbons (Fsp3) is 0.353. The fourth-order valence-electron chi connectivity index (χ4n) is 2.92. The van der Waals surface area contributed by atoms with Gasteiger partial charge in [-0.3, -0.25) is 19.1 Å². The minimum Gasteiger partial charge on any atom is -0.497 e. The monoisotopic (exact) mass is 377 g/mol. The quantitative estimate of drug-likeness (QED) is 0.501. The van der Waals surface area contributed by atoms with Crippen molar-refractivity contribution >= 4 is 5.91 Å². The summed E-state index contributed by atoms with van der Waals surface area (Å²) in [5.41, 5.74) is -1.08. The molecule has 4 N–H and O–H groups in total. The number of H-pyrrole nitrogens is 1. The van der Waals surface area contributed by atoms with Crippen LogP contribution in [-0.4, -0.2) is 57.6 Å². The van der Waals surface area contributed by atoms with Crippen LogP contribution in [0.4, 0.5) is 0 Å². The van der Waals surface area contributed by atoms with Gasteiger partial charge < -0.3 is 25.0 Å². The summed E-state index contributed by atoms with van der Waals surface area (Å²) in [5, 5.41) is 22.4. The smallest absolute Gasteiger partial charge is 0.330 e. The highest BCUT2D eigenvalue weighted by Crippen LogP contribution is 2.28. The topological polar surface area (TPSA) is 143 Å². The van der Waals surface area contributed by atoms with Crippen LogP contribution in [-0.2, 0) is 4.74 Å². The van der Waals surface area contributed by atoms with E-state index in [1.54, 1.807) is 18.2 Å². The van der Waals surface area contributed by atoms with Gasteiger partial charge in [0.25, 0.3) is 11.5 Å². The lowest BCUT2D eigenvalue weighted by Crippen LogP contribution is -2.48. The van der Waals surface area contributed by atoms with Gasteiger partial charge in [-0.15, -0.1) is 0 Å². The van der Waals surface area contributed by atoms with E-state index in [0.29, 0.717) is 5.75 Å². The average Bonchev–Trinajstić information content (AvgIpc) is 2.97. The van der Waals surface area contributed by atoms with Crippen LogP contribution in [0.1, 0.15) is 16.6 Å². The number of rotatable bonds is 5. The first-order valence-corrected chi connectivity index (χ1v) is 8.15. The highest BCUT2D eigenvalue weighted by atomic mass is 16.5. The zero-order chi connectivity index (χ0) is 19.6. The van der Waals surface area contributed by atoms with Crippen LogP contribution in [0.5, 0.6) is 5.75 Å². The Hall–Kier alpha value is -2.95. The molecule has 1 fully saturated rings. The van der Waals surface area contributed by atoms with Crippen LogP contribution in [0.3, 0.4) is 0 Å². The van der Waals surface area contributed by atoms with Gasteiger partial charge in [0, 0.05) is 17.8 Å². The lowest BCUT2D eigenvalue weighted by atomic mass is 10.1. The maximum absolute atomic E-state index is 12.6. The van der Waals surface area contributed by atoms with Crippen molar-refractivity contribution in [1.29, 1.82) is 0 Å². The number of carbonyl (C=O) groups excluding carboxylic acids is 1. The number of carbonyl (C=O) groups is 1. The second kappa shape index (κ2) is 7.74. The van der Waals surface area contributed by atoms with Crippen LogP contribution in [0, 0.1) is 0 Å². The van der Waals surface area contributed by atoms with Gasteiger partial charge in [-0.1, -0.05) is 6.07 Å². The van der Waals surface area contributed by atoms with E-state index in [-0.39, 0.29) is 5.56 Å². The number of aliphatic hydroxyl groups excluding tert-OH is 2. The molecule has 1 aliphatic heterocycles. The van der Waals surface area contributed by atoms with Crippen molar-refractivity contribution < 1.29 is 24.5 Å². The van der Waals surface area contributed by atoms with Crippen LogP contribution in [0.25, 0.3) is 0 Å². The lowest BCUT2D eigenvalue weighted by Gasteiger charge is -2.23. The molecule has 1 aromatic carbocycles. The molecule has 3 rings (SSSR count). The van der Waals surface area contributed by atoms with E-state index in [0.717, 1.165) is 10.6 Å². The number of nitrogens with one attached hydrogen (secondary N) is 2. The number of methoxy groups -OCH3 is 1. The maximum atomic E-state index is 12.6. The molecule has 144 valence electrons. The summed E-state index contributed by atoms with van der Waals surface area (Å²) in [6, 6.07) is 6.46. The third-order valence-electron chi connectivity index (χ3n) is 4.31. The van der Waals surface area contributed by atoms with Crippen molar-refractivity contribution in [3.8, 4) is 5.75 Å². The number of aliphatic hydroxyl groups is 2. The number of hydrogen-bond acceptors (Lipinski definition) is 7. The minimum absolute atomic E-state index is 0.279. The summed E-state index contributed by atoms with van der Waals surface area (Å²) in [7, 11) is 1.47. The first kappa shape index (κ1) is 18.8. The van der Waals surface area contributed by atoms with E-state index in [1.165, 1.54) is 19.4 Å². The molecule has 1 saturated heterocycles. The number of aromatic amines is 1. The molecule has 1 amide bonds. The van der Waals surface area contributed by atoms with Gasteiger partial charge >= 0.3 is 5.69 Å². The Bertz CT molecular complexity index is 938. The Labute approximate surface area is 153 Å². The lowest BCUT2D eigenvalue weighted by molar-refractivity contribution is -0.0468. The number of aromatic nitrogens is 2. The van der Waals surface area contributed by atoms with Crippen molar-refractivity contribution in [3.05, 3.63) is 62.9 Å². The first-order valence-electron chi connectivity index (χ1n) is 8.15. The van der Waals surface area contributed by atoms with E-state index in [4.69, 9.17) is 9.47 Å². The normalized spacial score (nSPS) is 24.6. The predicted octanol–water partition coefficient (Wildman–Crippen LogP) is -1.41. The molecule has 1 aliphatic rings. The third kappa shape index (κ3) is 3.77. The zero-order valence-corrected chi connectivity index (χ0v) is 14.4. The largest absolute Gasteiger partial charge is 0.497 e. The van der Waals surface area contributed by atoms with Gasteiger partial charge in [0.1, 0.15) is 24.0 Å². The maximum Gasteiger partial charge on any atom is 0.330 e. The van der Waals surface area contributed by atoms with Crippen molar-refractivity contribution in [3.63, 3.8) is 0 Å². The molecule has 0 spiro atoms. The first-order chi connectivity index (χ1) is 12.9. The Kier molecular flexibility index (Phi) is 5.40. The number of benzene rings is 1. The zero-order valence-electron chi connectivity index (χ0n) is 14.4. The fourth-order valence-corrected chi connectivity index (χ4v) is 2.92. The molecular formula is C17H19N3O7. The molecule has 0 saturated carbocycles. The van der Waals surface area contributed by atoms with Gasteiger partial charge in [-0.05, 0) is 18.2 Å². The van der Waals surface area contributed by atoms with Gasteiger partial charge in [-0.25, -0.2) is 4.79 Å². The molecule has 4 atom stereocenters. The van der Waals surface area contributed by atoms with Gasteiger partial charge in [0.05, 0.1) is 13.7 Å². The summed E-state index contributed by atoms with van der Waals surface area (Å²) in [6.45, 7) is -0.513. The Morgan fingerprint density at radius 3 is 2.81 bits per heavy atom. The highest BCUT2D eigenvalue weighted by Gasteiger charge is 2.45. The Balaban J connectivity index is 1.90. The Morgan fingerprint density at radius 1 is 1.37 bits per heavy atom. The van der Waals surface area contributed by atoms with Crippen molar-refractivity contribution in [1.82, 2.24) is 14.9 Å². The van der Waals surface area contributed by atoms with E-state index in [2.05, 4.69) is 10.3 Å². The second-order valence-electron chi connectivity index (χ2n) is 5.99. The standard InChI is InChI=1S/C17H19N3O7/c1-26-10-4-2-3-9(7-10)15(24)19-13-14(23)11(8-21)27-16(13)20-6-5-12(22)18-17(20)25/h2-7,11,13-14,16,21,23H,8H2,1H3,(H,19,24)(H,18,22,25)/t11-,13-,14-,16-/m1/s1. The summed E-state index contributed by atoms with van der Waals surface area (Å²) in [5.74, 6) is -0.0462. The molecular weight excluding hydrogens is 358 g/mol. The average molecular weight is 377 g/mol. The molecule has 10 nitrogen and oxygen atoms in total. The highest BCUT2D eigenvalue weighted by molar-refractivity contribution is 5.94. The molecule has 0 bridgehead atoms. The molecule has 2 aromatic rings. The van der Waals surface area contributed by atoms with Gasteiger partial charge in [0.15, 0.2) is 6.23 Å². The van der Waals surface area contributed by atoms with Crippen LogP contribution >= 0.6 is 0 Å². The van der Waals surface area contributed by atoms with E-state index < -0.39 is 48.2 Å². The number of ether oxygens (including phenoxy) is 2. The van der Waals surface area contributed by atoms with Crippen molar-refractivity contribution in [2.24, 2.45) is 0 Å². The van der Waals surface area contributed by atoms with Crippen molar-refractivity contribution in [2.45, 2.75) is 24.5 Å². The SMILES string of the molecule is COc1cccc(C(=O)N[C@@H]2[C@H](O)[C@@H](CO)O[C@H]2n2ccc(=O)[nH]c2=O)c1. The predicted molar refractivity (Wildman–Crippen MR) is 92.6 cm³/mol.